The van der Waals surface area contributed by atoms with E-state index in [2.05, 4.69) is 58.8 Å². The number of piperazine rings is 1. The lowest BCUT2D eigenvalue weighted by molar-refractivity contribution is 0.140. The van der Waals surface area contributed by atoms with Crippen LogP contribution in [0.2, 0.25) is 0 Å². The van der Waals surface area contributed by atoms with Gasteiger partial charge in [-0.05, 0) is 37.8 Å². The molecule has 1 aromatic rings. The average Bonchev–Trinajstić information content (AvgIpc) is 3.08. The molecular weight excluding hydrogens is 318 g/mol. The van der Waals surface area contributed by atoms with Gasteiger partial charge in [0.25, 0.3) is 0 Å². The number of hydrogen-bond donors (Lipinski definition) is 2. The summed E-state index contributed by atoms with van der Waals surface area (Å²) in [7, 11) is 2.20. The molecule has 0 radical (unpaired) electrons. The van der Waals surface area contributed by atoms with E-state index in [0.29, 0.717) is 5.92 Å². The SMILES string of the molecule is CCNC(=NCC(C)CN1CCN(C)CC1)NCCc1cccs1. The predicted molar refractivity (Wildman–Crippen MR) is 105 cm³/mol. The van der Waals surface area contributed by atoms with Gasteiger partial charge in [0.05, 0.1) is 0 Å². The molecule has 0 spiro atoms. The highest BCUT2D eigenvalue weighted by Gasteiger charge is 2.15. The van der Waals surface area contributed by atoms with E-state index in [4.69, 9.17) is 4.99 Å². The molecule has 2 N–H and O–H groups in total. The Kier molecular flexibility index (Phi) is 8.56. The zero-order chi connectivity index (χ0) is 17.2. The maximum absolute atomic E-state index is 4.77. The van der Waals surface area contributed by atoms with E-state index in [0.717, 1.165) is 38.6 Å². The van der Waals surface area contributed by atoms with Gasteiger partial charge < -0.3 is 20.4 Å². The standard InChI is InChI=1S/C18H33N5S/c1-4-19-18(20-8-7-17-6-5-13-24-17)21-14-16(2)15-23-11-9-22(3)10-12-23/h5-6,13,16H,4,7-12,14-15H2,1-3H3,(H2,19,20,21). The van der Waals surface area contributed by atoms with Gasteiger partial charge in [0.1, 0.15) is 0 Å². The molecular formula is C18H33N5S. The normalized spacial score (nSPS) is 18.5. The number of rotatable bonds is 8. The number of likely N-dealkylation sites (N-methyl/N-ethyl adjacent to an activating group) is 1. The van der Waals surface area contributed by atoms with Crippen molar-refractivity contribution in [2.45, 2.75) is 20.3 Å². The van der Waals surface area contributed by atoms with Gasteiger partial charge in [-0.15, -0.1) is 11.3 Å². The molecule has 1 saturated heterocycles. The minimum absolute atomic E-state index is 0.584. The number of nitrogens with one attached hydrogen (secondary N) is 2. The number of nitrogens with zero attached hydrogens (tertiary/aromatic N) is 3. The third kappa shape index (κ3) is 7.20. The molecule has 0 bridgehead atoms. The fraction of sp³-hybridized carbons (Fsp3) is 0.722. The highest BCUT2D eigenvalue weighted by molar-refractivity contribution is 7.09. The van der Waals surface area contributed by atoms with Crippen LogP contribution in [0.4, 0.5) is 0 Å². The van der Waals surface area contributed by atoms with Crippen molar-refractivity contribution < 1.29 is 0 Å². The second-order valence-corrected chi connectivity index (χ2v) is 7.72. The Balaban J connectivity index is 1.70. The van der Waals surface area contributed by atoms with Crippen molar-refractivity contribution in [2.75, 3.05) is 59.4 Å². The van der Waals surface area contributed by atoms with Crippen molar-refractivity contribution in [3.63, 3.8) is 0 Å². The van der Waals surface area contributed by atoms with Gasteiger partial charge in [-0.25, -0.2) is 0 Å². The molecule has 0 aromatic carbocycles. The molecule has 1 unspecified atom stereocenters. The van der Waals surface area contributed by atoms with E-state index in [1.54, 1.807) is 0 Å². The average molecular weight is 352 g/mol. The summed E-state index contributed by atoms with van der Waals surface area (Å²) in [5.74, 6) is 1.53. The van der Waals surface area contributed by atoms with Crippen molar-refractivity contribution >= 4 is 17.3 Å². The molecule has 1 atom stereocenters. The summed E-state index contributed by atoms with van der Waals surface area (Å²) in [6.45, 7) is 13.0. The van der Waals surface area contributed by atoms with E-state index >= 15 is 0 Å². The van der Waals surface area contributed by atoms with Crippen LogP contribution in [0.5, 0.6) is 0 Å². The Labute approximate surface area is 151 Å². The fourth-order valence-corrected chi connectivity index (χ4v) is 3.59. The van der Waals surface area contributed by atoms with Crippen LogP contribution in [-0.2, 0) is 6.42 Å². The van der Waals surface area contributed by atoms with Crippen LogP contribution in [0, 0.1) is 5.92 Å². The highest BCUT2D eigenvalue weighted by Crippen LogP contribution is 2.08. The monoisotopic (exact) mass is 351 g/mol. The predicted octanol–water partition coefficient (Wildman–Crippen LogP) is 1.73. The zero-order valence-electron chi connectivity index (χ0n) is 15.4. The largest absolute Gasteiger partial charge is 0.357 e. The van der Waals surface area contributed by atoms with Gasteiger partial charge in [0.2, 0.25) is 0 Å². The molecule has 2 heterocycles. The molecule has 1 fully saturated rings. The van der Waals surface area contributed by atoms with Crippen LogP contribution >= 0.6 is 11.3 Å². The molecule has 1 aliphatic rings. The lowest BCUT2D eigenvalue weighted by atomic mass is 10.1. The number of thiophene rings is 1. The summed E-state index contributed by atoms with van der Waals surface area (Å²) in [4.78, 5) is 11.2. The topological polar surface area (TPSA) is 42.9 Å². The second-order valence-electron chi connectivity index (χ2n) is 6.68. The van der Waals surface area contributed by atoms with E-state index in [-0.39, 0.29) is 0 Å². The van der Waals surface area contributed by atoms with Crippen molar-refractivity contribution in [1.82, 2.24) is 20.4 Å². The lowest BCUT2D eigenvalue weighted by Crippen LogP contribution is -2.46. The summed E-state index contributed by atoms with van der Waals surface area (Å²) >= 11 is 1.82. The van der Waals surface area contributed by atoms with E-state index < -0.39 is 0 Å². The Bertz CT molecular complexity index is 466. The van der Waals surface area contributed by atoms with Gasteiger partial charge in [-0.2, -0.15) is 0 Å². The lowest BCUT2D eigenvalue weighted by Gasteiger charge is -2.33. The molecule has 5 nitrogen and oxygen atoms in total. The first-order valence-corrected chi connectivity index (χ1v) is 10.0. The number of aliphatic imine (C=N–C) groups is 1. The van der Waals surface area contributed by atoms with E-state index in [1.807, 2.05) is 11.3 Å². The maximum Gasteiger partial charge on any atom is 0.191 e. The minimum atomic E-state index is 0.584. The summed E-state index contributed by atoms with van der Waals surface area (Å²) in [6, 6.07) is 4.30. The first-order valence-electron chi connectivity index (χ1n) is 9.12. The fourth-order valence-electron chi connectivity index (χ4n) is 2.88. The first-order chi connectivity index (χ1) is 11.7. The Morgan fingerprint density at radius 3 is 2.75 bits per heavy atom. The zero-order valence-corrected chi connectivity index (χ0v) is 16.2. The summed E-state index contributed by atoms with van der Waals surface area (Å²) in [6.07, 6.45) is 1.05. The van der Waals surface area contributed by atoms with Crippen molar-refractivity contribution in [1.29, 1.82) is 0 Å². The molecule has 0 saturated carbocycles. The maximum atomic E-state index is 4.77. The Hall–Kier alpha value is -1.11. The quantitative estimate of drug-likeness (QED) is 0.553. The Morgan fingerprint density at radius 1 is 1.29 bits per heavy atom. The summed E-state index contributed by atoms with van der Waals surface area (Å²) in [5.41, 5.74) is 0. The molecule has 0 amide bonds. The number of guanidine groups is 1. The molecule has 6 heteroatoms. The van der Waals surface area contributed by atoms with Crippen molar-refractivity contribution in [3.8, 4) is 0 Å². The third-order valence-electron chi connectivity index (χ3n) is 4.32. The van der Waals surface area contributed by atoms with Gasteiger partial charge in [0.15, 0.2) is 5.96 Å². The molecule has 136 valence electrons. The first kappa shape index (κ1) is 19.2. The third-order valence-corrected chi connectivity index (χ3v) is 5.25. The van der Waals surface area contributed by atoms with E-state index in [1.165, 1.54) is 31.1 Å². The highest BCUT2D eigenvalue weighted by atomic mass is 32.1. The molecule has 1 aliphatic heterocycles. The van der Waals surface area contributed by atoms with Crippen LogP contribution < -0.4 is 10.6 Å². The summed E-state index contributed by atoms with van der Waals surface area (Å²) in [5, 5.41) is 8.93. The second kappa shape index (κ2) is 10.7. The Morgan fingerprint density at radius 2 is 2.08 bits per heavy atom. The molecule has 0 aliphatic carbocycles. The van der Waals surface area contributed by atoms with Crippen LogP contribution in [0.3, 0.4) is 0 Å². The van der Waals surface area contributed by atoms with Gasteiger partial charge in [0, 0.05) is 57.2 Å². The smallest absolute Gasteiger partial charge is 0.191 e. The van der Waals surface area contributed by atoms with Crippen molar-refractivity contribution in [3.05, 3.63) is 22.4 Å². The molecule has 2 rings (SSSR count). The van der Waals surface area contributed by atoms with E-state index in [9.17, 15) is 0 Å². The van der Waals surface area contributed by atoms with Crippen LogP contribution in [-0.4, -0.2) is 75.2 Å². The van der Waals surface area contributed by atoms with Crippen LogP contribution in [0.15, 0.2) is 22.5 Å². The molecule has 1 aromatic heterocycles. The van der Waals surface area contributed by atoms with Gasteiger partial charge in [-0.3, -0.25) is 4.99 Å². The molecule has 24 heavy (non-hydrogen) atoms. The van der Waals surface area contributed by atoms with Gasteiger partial charge in [-0.1, -0.05) is 13.0 Å². The van der Waals surface area contributed by atoms with Crippen molar-refractivity contribution in [2.24, 2.45) is 10.9 Å². The minimum Gasteiger partial charge on any atom is -0.357 e. The van der Waals surface area contributed by atoms with Gasteiger partial charge >= 0.3 is 0 Å². The van der Waals surface area contributed by atoms with Crippen LogP contribution in [0.25, 0.3) is 0 Å². The van der Waals surface area contributed by atoms with Crippen LogP contribution in [0.1, 0.15) is 18.7 Å². The number of hydrogen-bond acceptors (Lipinski definition) is 4. The summed E-state index contributed by atoms with van der Waals surface area (Å²) < 4.78 is 0.